The van der Waals surface area contributed by atoms with Crippen LogP contribution in [0.3, 0.4) is 0 Å². The Morgan fingerprint density at radius 1 is 1.29 bits per heavy atom. The lowest BCUT2D eigenvalue weighted by atomic mass is 10.1. The number of urea groups is 1. The van der Waals surface area contributed by atoms with E-state index in [2.05, 4.69) is 17.4 Å². The van der Waals surface area contributed by atoms with Crippen LogP contribution in [0.15, 0.2) is 30.3 Å². The molecule has 1 aliphatic rings. The molecule has 1 saturated heterocycles. The van der Waals surface area contributed by atoms with Crippen LogP contribution in [0.2, 0.25) is 0 Å². The topological polar surface area (TPSA) is 32.3 Å². The van der Waals surface area contributed by atoms with Crippen LogP contribution >= 0.6 is 11.6 Å². The van der Waals surface area contributed by atoms with Crippen molar-refractivity contribution in [1.82, 2.24) is 10.2 Å². The number of nitrogens with one attached hydrogen (secondary N) is 1. The second-order valence-corrected chi connectivity index (χ2v) is 4.58. The molecule has 0 bridgehead atoms. The van der Waals surface area contributed by atoms with Gasteiger partial charge in [-0.15, -0.1) is 11.6 Å². The van der Waals surface area contributed by atoms with Crippen molar-refractivity contribution in [2.45, 2.75) is 18.9 Å². The van der Waals surface area contributed by atoms with Gasteiger partial charge in [0, 0.05) is 19.0 Å². The molecule has 0 saturated carbocycles. The average Bonchev–Trinajstić information content (AvgIpc) is 2.73. The number of carbonyl (C=O) groups excluding carboxylic acids is 1. The Hall–Kier alpha value is -1.22. The molecule has 4 heteroatoms. The van der Waals surface area contributed by atoms with Crippen molar-refractivity contribution < 1.29 is 4.79 Å². The van der Waals surface area contributed by atoms with Gasteiger partial charge in [-0.2, -0.15) is 0 Å². The summed E-state index contributed by atoms with van der Waals surface area (Å²) in [5, 5.41) is 2.90. The number of alkyl halides is 1. The smallest absolute Gasteiger partial charge is 0.318 e. The Bertz CT molecular complexity index is 369. The molecule has 0 spiro atoms. The van der Waals surface area contributed by atoms with E-state index < -0.39 is 0 Å². The summed E-state index contributed by atoms with van der Waals surface area (Å²) in [6.45, 7) is 1.47. The van der Waals surface area contributed by atoms with Gasteiger partial charge >= 0.3 is 6.03 Å². The summed E-state index contributed by atoms with van der Waals surface area (Å²) in [6.07, 6.45) is 1.91. The Balaban J connectivity index is 2.03. The summed E-state index contributed by atoms with van der Waals surface area (Å²) < 4.78 is 0. The third-order valence-corrected chi connectivity index (χ3v) is 3.32. The van der Waals surface area contributed by atoms with E-state index in [1.165, 1.54) is 5.56 Å². The van der Waals surface area contributed by atoms with Gasteiger partial charge in [-0.1, -0.05) is 30.3 Å². The number of rotatable bonds is 5. The number of carbonyl (C=O) groups is 1. The van der Waals surface area contributed by atoms with Crippen LogP contribution in [-0.4, -0.2) is 29.9 Å². The molecule has 1 aromatic rings. The van der Waals surface area contributed by atoms with Crippen molar-refractivity contribution in [3.63, 3.8) is 0 Å². The predicted octanol–water partition coefficient (Wildman–Crippen LogP) is 2.77. The molecular weight excluding hydrogens is 236 g/mol. The van der Waals surface area contributed by atoms with E-state index in [1.54, 1.807) is 0 Å². The number of benzene rings is 1. The molecule has 92 valence electrons. The molecule has 1 unspecified atom stereocenters. The molecule has 1 atom stereocenters. The van der Waals surface area contributed by atoms with Crippen LogP contribution in [0.4, 0.5) is 4.79 Å². The lowest BCUT2D eigenvalue weighted by molar-refractivity contribution is 0.203. The molecule has 1 N–H and O–H groups in total. The lowest BCUT2D eigenvalue weighted by Crippen LogP contribution is -2.30. The number of halogens is 1. The van der Waals surface area contributed by atoms with E-state index in [9.17, 15) is 4.79 Å². The van der Waals surface area contributed by atoms with E-state index in [0.29, 0.717) is 12.4 Å². The zero-order valence-electron chi connectivity index (χ0n) is 9.73. The Morgan fingerprint density at radius 3 is 2.76 bits per heavy atom. The molecule has 1 fully saturated rings. The summed E-state index contributed by atoms with van der Waals surface area (Å²) in [7, 11) is 0. The molecule has 3 nitrogen and oxygen atoms in total. The fraction of sp³-hybridized carbons (Fsp3) is 0.462. The normalized spacial score (nSPS) is 19.5. The summed E-state index contributed by atoms with van der Waals surface area (Å²) in [6, 6.07) is 10.3. The quantitative estimate of drug-likeness (QED) is 0.634. The second-order valence-electron chi connectivity index (χ2n) is 4.20. The third-order valence-electron chi connectivity index (χ3n) is 3.05. The van der Waals surface area contributed by atoms with Gasteiger partial charge in [0.15, 0.2) is 0 Å². The SMILES string of the molecule is O=C1NCC(c2ccccc2)N1CCCCCl. The van der Waals surface area contributed by atoms with E-state index in [4.69, 9.17) is 11.6 Å². The van der Waals surface area contributed by atoms with Crippen LogP contribution in [0.1, 0.15) is 24.4 Å². The Morgan fingerprint density at radius 2 is 2.06 bits per heavy atom. The highest BCUT2D eigenvalue weighted by Gasteiger charge is 2.30. The largest absolute Gasteiger partial charge is 0.336 e. The maximum Gasteiger partial charge on any atom is 0.318 e. The van der Waals surface area contributed by atoms with Crippen LogP contribution < -0.4 is 5.32 Å². The highest BCUT2D eigenvalue weighted by molar-refractivity contribution is 6.17. The third kappa shape index (κ3) is 2.91. The van der Waals surface area contributed by atoms with Crippen molar-refractivity contribution >= 4 is 17.6 Å². The Kier molecular flexibility index (Phi) is 4.26. The zero-order chi connectivity index (χ0) is 12.1. The molecule has 0 radical (unpaired) electrons. The summed E-state index contributed by atoms with van der Waals surface area (Å²) >= 11 is 5.66. The molecule has 17 heavy (non-hydrogen) atoms. The minimum atomic E-state index is 0.0356. The standard InChI is InChI=1S/C13H17ClN2O/c14-8-4-5-9-16-12(10-15-13(16)17)11-6-2-1-3-7-11/h1-3,6-7,12H,4-5,8-10H2,(H,15,17). The van der Waals surface area contributed by atoms with Gasteiger partial charge in [0.05, 0.1) is 6.04 Å². The van der Waals surface area contributed by atoms with Gasteiger partial charge in [-0.25, -0.2) is 4.79 Å². The average molecular weight is 253 g/mol. The number of hydrogen-bond donors (Lipinski definition) is 1. The predicted molar refractivity (Wildman–Crippen MR) is 69.2 cm³/mol. The monoisotopic (exact) mass is 252 g/mol. The first-order valence-corrected chi connectivity index (χ1v) is 6.52. The Labute approximate surface area is 107 Å². The maximum atomic E-state index is 11.7. The first-order valence-electron chi connectivity index (χ1n) is 5.98. The van der Waals surface area contributed by atoms with E-state index >= 15 is 0 Å². The van der Waals surface area contributed by atoms with Gasteiger partial charge < -0.3 is 10.2 Å². The molecule has 0 aliphatic carbocycles. The van der Waals surface area contributed by atoms with Crippen molar-refractivity contribution in [3.8, 4) is 0 Å². The fourth-order valence-electron chi connectivity index (χ4n) is 2.14. The summed E-state index contributed by atoms with van der Waals surface area (Å²) in [4.78, 5) is 13.6. The highest BCUT2D eigenvalue weighted by atomic mass is 35.5. The van der Waals surface area contributed by atoms with Gasteiger partial charge in [0.1, 0.15) is 0 Å². The number of nitrogens with zero attached hydrogens (tertiary/aromatic N) is 1. The van der Waals surface area contributed by atoms with E-state index in [1.807, 2.05) is 23.1 Å². The molecule has 0 aromatic heterocycles. The van der Waals surface area contributed by atoms with Crippen LogP contribution in [0.5, 0.6) is 0 Å². The van der Waals surface area contributed by atoms with Crippen molar-refractivity contribution in [3.05, 3.63) is 35.9 Å². The molecule has 1 heterocycles. The molecule has 2 rings (SSSR count). The van der Waals surface area contributed by atoms with Crippen LogP contribution in [0, 0.1) is 0 Å². The van der Waals surface area contributed by atoms with Crippen molar-refractivity contribution in [1.29, 1.82) is 0 Å². The van der Waals surface area contributed by atoms with Crippen molar-refractivity contribution in [2.75, 3.05) is 19.0 Å². The summed E-state index contributed by atoms with van der Waals surface area (Å²) in [5.41, 5.74) is 1.19. The fourth-order valence-corrected chi connectivity index (χ4v) is 2.33. The van der Waals surface area contributed by atoms with Crippen LogP contribution in [0.25, 0.3) is 0 Å². The molecule has 1 aromatic carbocycles. The minimum absolute atomic E-state index is 0.0356. The van der Waals surface area contributed by atoms with Gasteiger partial charge in [-0.05, 0) is 18.4 Å². The first kappa shape index (κ1) is 12.2. The number of amides is 2. The van der Waals surface area contributed by atoms with Crippen molar-refractivity contribution in [2.24, 2.45) is 0 Å². The van der Waals surface area contributed by atoms with E-state index in [-0.39, 0.29) is 12.1 Å². The highest BCUT2D eigenvalue weighted by Crippen LogP contribution is 2.24. The number of hydrogen-bond acceptors (Lipinski definition) is 1. The van der Waals surface area contributed by atoms with Gasteiger partial charge in [0.25, 0.3) is 0 Å². The number of unbranched alkanes of at least 4 members (excludes halogenated alkanes) is 1. The summed E-state index contributed by atoms with van der Waals surface area (Å²) in [5.74, 6) is 0.658. The molecule has 2 amide bonds. The van der Waals surface area contributed by atoms with E-state index in [0.717, 1.165) is 19.4 Å². The lowest BCUT2D eigenvalue weighted by Gasteiger charge is -2.23. The van der Waals surface area contributed by atoms with Gasteiger partial charge in [0.2, 0.25) is 0 Å². The molecule has 1 aliphatic heterocycles. The zero-order valence-corrected chi connectivity index (χ0v) is 10.5. The van der Waals surface area contributed by atoms with Gasteiger partial charge in [-0.3, -0.25) is 0 Å². The second kappa shape index (κ2) is 5.92. The minimum Gasteiger partial charge on any atom is -0.336 e. The first-order chi connectivity index (χ1) is 8.33. The van der Waals surface area contributed by atoms with Crippen LogP contribution in [-0.2, 0) is 0 Å². The molecular formula is C13H17ClN2O. The maximum absolute atomic E-state index is 11.7.